The van der Waals surface area contributed by atoms with Crippen molar-refractivity contribution >= 4 is 20.9 Å². The van der Waals surface area contributed by atoms with Crippen LogP contribution in [-0.4, -0.2) is 46.7 Å². The Morgan fingerprint density at radius 1 is 1.19 bits per heavy atom. The van der Waals surface area contributed by atoms with E-state index in [2.05, 4.69) is 10.1 Å². The molecule has 7 nitrogen and oxygen atoms in total. The van der Waals surface area contributed by atoms with Crippen LogP contribution in [0.25, 0.3) is 10.9 Å². The molecule has 0 radical (unpaired) electrons. The molecule has 0 spiro atoms. The highest BCUT2D eigenvalue weighted by Crippen LogP contribution is 2.29. The number of hydrogen-bond donors (Lipinski definition) is 0. The van der Waals surface area contributed by atoms with Crippen LogP contribution in [-0.2, 0) is 17.1 Å². The molecule has 0 N–H and O–H groups in total. The second kappa shape index (κ2) is 6.61. The summed E-state index contributed by atoms with van der Waals surface area (Å²) in [6, 6.07) is 9.64. The zero-order chi connectivity index (χ0) is 19.2. The molecule has 142 valence electrons. The van der Waals surface area contributed by atoms with E-state index in [9.17, 15) is 8.42 Å². The smallest absolute Gasteiger partial charge is 0.246 e. The van der Waals surface area contributed by atoms with Gasteiger partial charge in [0, 0.05) is 25.2 Å². The maximum Gasteiger partial charge on any atom is 0.246 e. The maximum absolute atomic E-state index is 13.1. The molecule has 1 unspecified atom stereocenters. The average molecular weight is 386 g/mol. The molecule has 3 aromatic rings. The van der Waals surface area contributed by atoms with Gasteiger partial charge in [0.1, 0.15) is 22.3 Å². The Balaban J connectivity index is 1.57. The third kappa shape index (κ3) is 3.08. The van der Waals surface area contributed by atoms with E-state index in [1.54, 1.807) is 31.8 Å². The molecule has 0 amide bonds. The summed E-state index contributed by atoms with van der Waals surface area (Å²) in [7, 11) is -1.84. The summed E-state index contributed by atoms with van der Waals surface area (Å²) < 4.78 is 35.4. The Labute approximate surface area is 158 Å². The molecule has 27 heavy (non-hydrogen) atoms. The van der Waals surface area contributed by atoms with E-state index < -0.39 is 10.0 Å². The number of sulfonamides is 1. The lowest BCUT2D eigenvalue weighted by Crippen LogP contribution is -2.31. The van der Waals surface area contributed by atoms with E-state index in [0.717, 1.165) is 10.9 Å². The van der Waals surface area contributed by atoms with Crippen LogP contribution in [0.4, 0.5) is 0 Å². The van der Waals surface area contributed by atoms with E-state index >= 15 is 0 Å². The molecule has 0 bridgehead atoms. The Morgan fingerprint density at radius 3 is 2.70 bits per heavy atom. The van der Waals surface area contributed by atoms with Gasteiger partial charge in [0.15, 0.2) is 0 Å². The molecule has 1 aliphatic rings. The quantitative estimate of drug-likeness (QED) is 0.688. The number of benzene rings is 1. The van der Waals surface area contributed by atoms with Crippen molar-refractivity contribution in [3.05, 3.63) is 47.9 Å². The van der Waals surface area contributed by atoms with E-state index in [0.29, 0.717) is 41.5 Å². The van der Waals surface area contributed by atoms with Crippen LogP contribution < -0.4 is 4.74 Å². The van der Waals surface area contributed by atoms with Gasteiger partial charge in [-0.3, -0.25) is 9.67 Å². The second-order valence-electron chi connectivity index (χ2n) is 6.85. The van der Waals surface area contributed by atoms with Crippen molar-refractivity contribution in [1.82, 2.24) is 19.1 Å². The first-order valence-corrected chi connectivity index (χ1v) is 10.3. The predicted octanol–water partition coefficient (Wildman–Crippen LogP) is 2.43. The van der Waals surface area contributed by atoms with Gasteiger partial charge in [0.25, 0.3) is 0 Å². The van der Waals surface area contributed by atoms with Gasteiger partial charge in [-0.1, -0.05) is 18.2 Å². The van der Waals surface area contributed by atoms with Crippen molar-refractivity contribution in [3.63, 3.8) is 0 Å². The molecule has 2 aromatic heterocycles. The minimum absolute atomic E-state index is 0.204. The first kappa shape index (κ1) is 17.9. The Bertz CT molecular complexity index is 1100. The molecule has 1 atom stereocenters. The lowest BCUT2D eigenvalue weighted by Gasteiger charge is -2.18. The lowest BCUT2D eigenvalue weighted by atomic mass is 10.2. The van der Waals surface area contributed by atoms with Gasteiger partial charge in [0.05, 0.1) is 17.9 Å². The van der Waals surface area contributed by atoms with Gasteiger partial charge >= 0.3 is 0 Å². The van der Waals surface area contributed by atoms with Crippen LogP contribution in [0.3, 0.4) is 0 Å². The fourth-order valence-electron chi connectivity index (χ4n) is 3.62. The minimum atomic E-state index is -3.59. The van der Waals surface area contributed by atoms with Crippen LogP contribution in [0.15, 0.2) is 41.4 Å². The third-order valence-corrected chi connectivity index (χ3v) is 7.16. The van der Waals surface area contributed by atoms with Crippen molar-refractivity contribution in [2.75, 3.05) is 13.1 Å². The molecular weight excluding hydrogens is 364 g/mol. The molecular formula is C19H22N4O3S. The van der Waals surface area contributed by atoms with Crippen LogP contribution in [0.5, 0.6) is 5.75 Å². The van der Waals surface area contributed by atoms with Crippen LogP contribution >= 0.6 is 0 Å². The van der Waals surface area contributed by atoms with Gasteiger partial charge in [-0.25, -0.2) is 8.42 Å². The summed E-state index contributed by atoms with van der Waals surface area (Å²) in [6.07, 6.45) is 2.17. The topological polar surface area (TPSA) is 77.3 Å². The maximum atomic E-state index is 13.1. The minimum Gasteiger partial charge on any atom is -0.487 e. The zero-order valence-electron chi connectivity index (χ0n) is 15.6. The summed E-state index contributed by atoms with van der Waals surface area (Å²) in [5, 5.41) is 5.24. The molecule has 0 aliphatic carbocycles. The van der Waals surface area contributed by atoms with Gasteiger partial charge in [0.2, 0.25) is 10.0 Å². The highest BCUT2D eigenvalue weighted by molar-refractivity contribution is 7.89. The van der Waals surface area contributed by atoms with E-state index in [1.165, 1.54) is 4.31 Å². The molecule has 1 saturated heterocycles. The number of pyridine rings is 1. The normalized spacial score (nSPS) is 18.3. The highest BCUT2D eigenvalue weighted by Gasteiger charge is 2.36. The molecule has 3 heterocycles. The largest absolute Gasteiger partial charge is 0.487 e. The fourth-order valence-corrected chi connectivity index (χ4v) is 5.51. The summed E-state index contributed by atoms with van der Waals surface area (Å²) in [5.41, 5.74) is 1.97. The second-order valence-corrected chi connectivity index (χ2v) is 8.72. The van der Waals surface area contributed by atoms with E-state index in [1.807, 2.05) is 30.3 Å². The highest BCUT2D eigenvalue weighted by atomic mass is 32.2. The van der Waals surface area contributed by atoms with Crippen molar-refractivity contribution in [2.45, 2.75) is 31.3 Å². The summed E-state index contributed by atoms with van der Waals surface area (Å²) in [6.45, 7) is 4.25. The van der Waals surface area contributed by atoms with Crippen molar-refractivity contribution < 1.29 is 13.2 Å². The van der Waals surface area contributed by atoms with E-state index in [-0.39, 0.29) is 6.10 Å². The fraction of sp³-hybridized carbons (Fsp3) is 0.368. The number of para-hydroxylation sites is 1. The predicted molar refractivity (Wildman–Crippen MR) is 102 cm³/mol. The number of fused-ring (bicyclic) bond motifs is 1. The first-order chi connectivity index (χ1) is 12.9. The van der Waals surface area contributed by atoms with Gasteiger partial charge in [-0.2, -0.15) is 9.40 Å². The first-order valence-electron chi connectivity index (χ1n) is 8.88. The molecule has 0 saturated carbocycles. The van der Waals surface area contributed by atoms with Crippen molar-refractivity contribution in [2.24, 2.45) is 7.05 Å². The molecule has 8 heteroatoms. The average Bonchev–Trinajstić information content (AvgIpc) is 3.20. The number of nitrogens with zero attached hydrogens (tertiary/aromatic N) is 4. The SMILES string of the molecule is Cc1nn(C)c(C)c1S(=O)(=O)N1CCC(Oc2cccc3cccnc23)C1. The van der Waals surface area contributed by atoms with Gasteiger partial charge in [-0.15, -0.1) is 0 Å². The van der Waals surface area contributed by atoms with Gasteiger partial charge < -0.3 is 4.74 Å². The lowest BCUT2D eigenvalue weighted by molar-refractivity contribution is 0.218. The van der Waals surface area contributed by atoms with Crippen LogP contribution in [0.1, 0.15) is 17.8 Å². The third-order valence-electron chi connectivity index (χ3n) is 5.04. The standard InChI is InChI=1S/C19H22N4O3S/c1-13-19(14(2)22(3)21-13)27(24,25)23-11-9-16(12-23)26-17-8-4-6-15-7-5-10-20-18(15)17/h4-8,10,16H,9,11-12H2,1-3H3. The monoisotopic (exact) mass is 386 g/mol. The number of hydrogen-bond acceptors (Lipinski definition) is 5. The van der Waals surface area contributed by atoms with Gasteiger partial charge in [-0.05, 0) is 32.4 Å². The zero-order valence-corrected chi connectivity index (χ0v) is 16.4. The van der Waals surface area contributed by atoms with Crippen molar-refractivity contribution in [3.8, 4) is 5.75 Å². The van der Waals surface area contributed by atoms with Crippen LogP contribution in [0, 0.1) is 13.8 Å². The number of ether oxygens (including phenoxy) is 1. The Morgan fingerprint density at radius 2 is 1.96 bits per heavy atom. The summed E-state index contributed by atoms with van der Waals surface area (Å²) >= 11 is 0. The summed E-state index contributed by atoms with van der Waals surface area (Å²) in [4.78, 5) is 4.70. The molecule has 4 rings (SSSR count). The summed E-state index contributed by atoms with van der Waals surface area (Å²) in [5.74, 6) is 0.686. The van der Waals surface area contributed by atoms with E-state index in [4.69, 9.17) is 4.74 Å². The van der Waals surface area contributed by atoms with Crippen LogP contribution in [0.2, 0.25) is 0 Å². The Hall–Kier alpha value is -2.45. The number of rotatable bonds is 4. The number of aryl methyl sites for hydroxylation is 2. The molecule has 1 aromatic carbocycles. The molecule has 1 aliphatic heterocycles. The molecule has 1 fully saturated rings. The van der Waals surface area contributed by atoms with Crippen molar-refractivity contribution in [1.29, 1.82) is 0 Å². The number of aromatic nitrogens is 3. The Kier molecular flexibility index (Phi) is 4.39.